The van der Waals surface area contributed by atoms with Crippen molar-refractivity contribution in [3.8, 4) is 5.69 Å². The number of nitrogens with zero attached hydrogens (tertiary/aromatic N) is 2. The molecule has 2 aromatic rings. The minimum Gasteiger partial charge on any atom is -0.481 e. The summed E-state index contributed by atoms with van der Waals surface area (Å²) in [5.41, 5.74) is 1.81. The Kier molecular flexibility index (Phi) is 5.16. The van der Waals surface area contributed by atoms with Gasteiger partial charge >= 0.3 is 5.97 Å². The molecule has 0 aliphatic rings. The van der Waals surface area contributed by atoms with Crippen LogP contribution in [0.25, 0.3) is 5.69 Å². The topological polar surface area (TPSA) is 84.2 Å². The maximum atomic E-state index is 12.1. The first-order valence-electron chi connectivity index (χ1n) is 6.80. The zero-order chi connectivity index (χ0) is 16.1. The standard InChI is InChI=1S/C15H16ClN3O3/c1-10-11(15(22)17-8-4-7-14(20)21)9-18-19(10)13-6-3-2-5-12(13)16/h2-3,5-6,9H,4,7-8H2,1H3,(H,17,22)(H,20,21). The third-order valence-corrected chi connectivity index (χ3v) is 3.51. The van der Waals surface area contributed by atoms with Gasteiger partial charge in [0.25, 0.3) is 5.91 Å². The molecule has 0 saturated heterocycles. The number of hydrogen-bond acceptors (Lipinski definition) is 3. The van der Waals surface area contributed by atoms with Crippen LogP contribution in [-0.2, 0) is 4.79 Å². The van der Waals surface area contributed by atoms with E-state index in [1.54, 1.807) is 17.7 Å². The molecule has 22 heavy (non-hydrogen) atoms. The van der Waals surface area contributed by atoms with Crippen LogP contribution in [0.15, 0.2) is 30.5 Å². The Morgan fingerprint density at radius 3 is 2.77 bits per heavy atom. The van der Waals surface area contributed by atoms with Gasteiger partial charge in [-0.25, -0.2) is 4.68 Å². The molecule has 0 unspecified atom stereocenters. The molecule has 1 aromatic heterocycles. The molecule has 2 rings (SSSR count). The van der Waals surface area contributed by atoms with E-state index in [0.717, 1.165) is 0 Å². The van der Waals surface area contributed by atoms with Gasteiger partial charge in [0.2, 0.25) is 0 Å². The average Bonchev–Trinajstić information content (AvgIpc) is 2.85. The first-order chi connectivity index (χ1) is 10.5. The molecule has 0 aliphatic carbocycles. The quantitative estimate of drug-likeness (QED) is 0.800. The molecule has 0 spiro atoms. The Hall–Kier alpha value is -2.34. The first kappa shape index (κ1) is 16.0. The smallest absolute Gasteiger partial charge is 0.303 e. The summed E-state index contributed by atoms with van der Waals surface area (Å²) in [6, 6.07) is 7.23. The Bertz CT molecular complexity index is 697. The van der Waals surface area contributed by atoms with Gasteiger partial charge < -0.3 is 10.4 Å². The second-order valence-corrected chi connectivity index (χ2v) is 5.17. The molecule has 6 nitrogen and oxygen atoms in total. The summed E-state index contributed by atoms with van der Waals surface area (Å²) < 4.78 is 1.61. The van der Waals surface area contributed by atoms with Crippen molar-refractivity contribution in [1.82, 2.24) is 15.1 Å². The van der Waals surface area contributed by atoms with E-state index in [9.17, 15) is 9.59 Å². The Labute approximate surface area is 132 Å². The largest absolute Gasteiger partial charge is 0.481 e. The average molecular weight is 322 g/mol. The van der Waals surface area contributed by atoms with Crippen LogP contribution in [0.2, 0.25) is 5.02 Å². The van der Waals surface area contributed by atoms with Crippen LogP contribution in [0.3, 0.4) is 0 Å². The summed E-state index contributed by atoms with van der Waals surface area (Å²) >= 11 is 6.13. The number of carbonyl (C=O) groups excluding carboxylic acids is 1. The third-order valence-electron chi connectivity index (χ3n) is 3.19. The summed E-state index contributed by atoms with van der Waals surface area (Å²) in [5.74, 6) is -1.15. The second kappa shape index (κ2) is 7.09. The fraction of sp³-hybridized carbons (Fsp3) is 0.267. The highest BCUT2D eigenvalue weighted by Crippen LogP contribution is 2.21. The van der Waals surface area contributed by atoms with E-state index >= 15 is 0 Å². The molecule has 0 bridgehead atoms. The number of aromatic nitrogens is 2. The number of hydrogen-bond donors (Lipinski definition) is 2. The van der Waals surface area contributed by atoms with Gasteiger partial charge in [-0.1, -0.05) is 23.7 Å². The molecule has 116 valence electrons. The lowest BCUT2D eigenvalue weighted by Crippen LogP contribution is -2.25. The van der Waals surface area contributed by atoms with E-state index in [0.29, 0.717) is 34.9 Å². The number of nitrogens with one attached hydrogen (secondary N) is 1. The van der Waals surface area contributed by atoms with E-state index in [1.807, 2.05) is 18.2 Å². The van der Waals surface area contributed by atoms with Crippen molar-refractivity contribution in [2.75, 3.05) is 6.54 Å². The number of rotatable bonds is 6. The van der Waals surface area contributed by atoms with Gasteiger partial charge in [0.15, 0.2) is 0 Å². The molecule has 0 aliphatic heterocycles. The normalized spacial score (nSPS) is 10.5. The number of carboxylic acid groups (broad SMARTS) is 1. The van der Waals surface area contributed by atoms with Gasteiger partial charge in [0, 0.05) is 13.0 Å². The highest BCUT2D eigenvalue weighted by molar-refractivity contribution is 6.32. The number of benzene rings is 1. The summed E-state index contributed by atoms with van der Waals surface area (Å²) in [6.45, 7) is 2.09. The van der Waals surface area contributed by atoms with Crippen LogP contribution in [-0.4, -0.2) is 33.3 Å². The van der Waals surface area contributed by atoms with Gasteiger partial charge in [-0.05, 0) is 25.5 Å². The minimum absolute atomic E-state index is 0.0259. The maximum Gasteiger partial charge on any atom is 0.303 e. The number of amides is 1. The maximum absolute atomic E-state index is 12.1. The molecule has 2 N–H and O–H groups in total. The molecule has 0 saturated carbocycles. The highest BCUT2D eigenvalue weighted by Gasteiger charge is 2.16. The van der Waals surface area contributed by atoms with Crippen molar-refractivity contribution >= 4 is 23.5 Å². The molecule has 0 atom stereocenters. The summed E-state index contributed by atoms with van der Waals surface area (Å²) in [6.07, 6.45) is 1.89. The number of aliphatic carboxylic acids is 1. The molecule has 1 heterocycles. The number of para-hydroxylation sites is 1. The van der Waals surface area contributed by atoms with E-state index < -0.39 is 5.97 Å². The van der Waals surface area contributed by atoms with Gasteiger partial charge in [0.05, 0.1) is 28.2 Å². The lowest BCUT2D eigenvalue weighted by atomic mass is 10.2. The molecular weight excluding hydrogens is 306 g/mol. The predicted molar refractivity (Wildman–Crippen MR) is 82.5 cm³/mol. The van der Waals surface area contributed by atoms with Crippen LogP contribution < -0.4 is 5.32 Å². The predicted octanol–water partition coefficient (Wildman–Crippen LogP) is 2.43. The molecule has 1 aromatic carbocycles. The van der Waals surface area contributed by atoms with Gasteiger partial charge in [-0.3, -0.25) is 9.59 Å². The van der Waals surface area contributed by atoms with E-state index in [-0.39, 0.29) is 12.3 Å². The van der Waals surface area contributed by atoms with Gasteiger partial charge in [0.1, 0.15) is 0 Å². The number of carbonyl (C=O) groups is 2. The lowest BCUT2D eigenvalue weighted by Gasteiger charge is -2.07. The minimum atomic E-state index is -0.878. The summed E-state index contributed by atoms with van der Waals surface area (Å²) in [4.78, 5) is 22.5. The van der Waals surface area contributed by atoms with Crippen molar-refractivity contribution < 1.29 is 14.7 Å². The fourth-order valence-corrected chi connectivity index (χ4v) is 2.25. The highest BCUT2D eigenvalue weighted by atomic mass is 35.5. The summed E-state index contributed by atoms with van der Waals surface area (Å²) in [5, 5.41) is 16.0. The zero-order valence-corrected chi connectivity index (χ0v) is 12.8. The summed E-state index contributed by atoms with van der Waals surface area (Å²) in [7, 11) is 0. The molecule has 0 radical (unpaired) electrons. The van der Waals surface area contributed by atoms with Crippen molar-refractivity contribution in [2.45, 2.75) is 19.8 Å². The Morgan fingerprint density at radius 2 is 2.09 bits per heavy atom. The first-order valence-corrected chi connectivity index (χ1v) is 7.18. The fourth-order valence-electron chi connectivity index (χ4n) is 2.04. The van der Waals surface area contributed by atoms with Crippen molar-refractivity contribution in [1.29, 1.82) is 0 Å². The second-order valence-electron chi connectivity index (χ2n) is 4.76. The van der Waals surface area contributed by atoms with E-state index in [4.69, 9.17) is 16.7 Å². The Morgan fingerprint density at radius 1 is 1.36 bits per heavy atom. The van der Waals surface area contributed by atoms with Crippen LogP contribution >= 0.6 is 11.6 Å². The van der Waals surface area contributed by atoms with Crippen molar-refractivity contribution in [3.63, 3.8) is 0 Å². The Balaban J connectivity index is 2.09. The SMILES string of the molecule is Cc1c(C(=O)NCCCC(=O)O)cnn1-c1ccccc1Cl. The van der Waals surface area contributed by atoms with Crippen molar-refractivity contribution in [3.05, 3.63) is 46.7 Å². The van der Waals surface area contributed by atoms with Crippen molar-refractivity contribution in [2.24, 2.45) is 0 Å². The lowest BCUT2D eigenvalue weighted by molar-refractivity contribution is -0.137. The number of carboxylic acids is 1. The van der Waals surface area contributed by atoms with Crippen LogP contribution in [0, 0.1) is 6.92 Å². The molecule has 7 heteroatoms. The van der Waals surface area contributed by atoms with Crippen LogP contribution in [0.1, 0.15) is 28.9 Å². The van der Waals surface area contributed by atoms with Crippen LogP contribution in [0.4, 0.5) is 0 Å². The van der Waals surface area contributed by atoms with E-state index in [1.165, 1.54) is 6.20 Å². The van der Waals surface area contributed by atoms with Gasteiger partial charge in [-0.15, -0.1) is 0 Å². The third kappa shape index (κ3) is 3.65. The van der Waals surface area contributed by atoms with Gasteiger partial charge in [-0.2, -0.15) is 5.10 Å². The molecular formula is C15H16ClN3O3. The molecule has 1 amide bonds. The number of halogens is 1. The molecule has 0 fully saturated rings. The van der Waals surface area contributed by atoms with E-state index in [2.05, 4.69) is 10.4 Å². The van der Waals surface area contributed by atoms with Crippen LogP contribution in [0.5, 0.6) is 0 Å². The monoisotopic (exact) mass is 321 g/mol. The zero-order valence-electron chi connectivity index (χ0n) is 12.0.